The molecule has 0 saturated carbocycles. The molecule has 1 nitrogen and oxygen atoms in total. The third-order valence-corrected chi connectivity index (χ3v) is 0. The third kappa shape index (κ3) is 377. The van der Waals surface area contributed by atoms with Gasteiger partial charge < -0.3 is 4.43 Å². The lowest BCUT2D eigenvalue weighted by Crippen LogP contribution is -1.94. The zero-order valence-corrected chi connectivity index (χ0v) is 11.1. The molecule has 0 atom stereocenters. The highest BCUT2D eigenvalue weighted by molar-refractivity contribution is 7.01. The van der Waals surface area contributed by atoms with E-state index in [-0.39, 0.29) is 8.31 Å². The van der Waals surface area contributed by atoms with E-state index in [0.717, 1.165) is 10.5 Å². The lowest BCUT2D eigenvalue weighted by atomic mass is 11.8. The smallest absolute Gasteiger partial charge is 0.145 e. The summed E-state index contributed by atoms with van der Waals surface area (Å²) in [6.45, 7) is 4.73. The lowest BCUT2D eigenvalue weighted by molar-refractivity contribution is 0.460. The molecule has 0 radical (unpaired) electrons. The fourth-order valence-corrected chi connectivity index (χ4v) is 0. The first-order valence-corrected chi connectivity index (χ1v) is 10.3. The molecule has 0 heterocycles. The van der Waals surface area contributed by atoms with Crippen LogP contribution in [0.25, 0.3) is 0 Å². The second kappa shape index (κ2) is 9.79. The van der Waals surface area contributed by atoms with Crippen molar-refractivity contribution in [3.05, 3.63) is 0 Å². The van der Waals surface area contributed by atoms with Crippen LogP contribution in [0.15, 0.2) is 0 Å². The minimum Gasteiger partial charge on any atom is -0.431 e. The average molecular weight is 152 g/mol. The Hall–Kier alpha value is 0.611. The van der Waals surface area contributed by atoms with Crippen LogP contribution < -0.4 is 0 Å². The van der Waals surface area contributed by atoms with Gasteiger partial charge in [0.15, 0.2) is 0 Å². The predicted octanol–water partition coefficient (Wildman–Crippen LogP) is -1.75. The van der Waals surface area contributed by atoms with Crippen LogP contribution in [-0.2, 0) is 4.43 Å². The summed E-state index contributed by atoms with van der Waals surface area (Å²) in [5.41, 5.74) is 0. The van der Waals surface area contributed by atoms with E-state index in [1.54, 1.807) is 7.11 Å². The van der Waals surface area contributed by atoms with E-state index in [0.29, 0.717) is 0 Å². The van der Waals surface area contributed by atoms with Crippen LogP contribution in [-0.4, -0.2) is 35.7 Å². The molecule has 0 aliphatic carbocycles. The van der Waals surface area contributed by atoms with Gasteiger partial charge in [0.25, 0.3) is 0 Å². The van der Waals surface area contributed by atoms with E-state index in [1.807, 2.05) is 0 Å². The molecule has 0 aromatic carbocycles. The Labute approximate surface area is 53.8 Å². The van der Waals surface area contributed by atoms with Crippen LogP contribution in [0.4, 0.5) is 0 Å². The Bertz CT molecular complexity index is 21.4. The molecular formula is C3H16OSi3. The SMILES string of the molecule is CO[SiH3].C[SiH](C)[SiH3]. The van der Waals surface area contributed by atoms with Gasteiger partial charge >= 0.3 is 0 Å². The first-order chi connectivity index (χ1) is 3.15. The van der Waals surface area contributed by atoms with Gasteiger partial charge in [0.05, 0.1) is 0 Å². The molecule has 0 spiro atoms. The Morgan fingerprint density at radius 2 is 1.43 bits per heavy atom. The van der Waals surface area contributed by atoms with Gasteiger partial charge in [-0.05, 0) is 9.76 Å². The summed E-state index contributed by atoms with van der Waals surface area (Å²) in [5.74, 6) is 0. The highest BCUT2D eigenvalue weighted by Gasteiger charge is 1.71. The summed E-state index contributed by atoms with van der Waals surface area (Å²) < 4.78 is 4.39. The minimum absolute atomic E-state index is 0.000000000000000222. The van der Waals surface area contributed by atoms with Gasteiger partial charge in [0.2, 0.25) is 0 Å². The summed E-state index contributed by atoms with van der Waals surface area (Å²) in [7, 11) is 4.04. The summed E-state index contributed by atoms with van der Waals surface area (Å²) in [6, 6.07) is 0. The Morgan fingerprint density at radius 1 is 1.43 bits per heavy atom. The monoisotopic (exact) mass is 152 g/mol. The van der Waals surface area contributed by atoms with Crippen LogP contribution in [0.5, 0.6) is 0 Å². The van der Waals surface area contributed by atoms with Gasteiger partial charge in [-0.1, -0.05) is 13.1 Å². The van der Waals surface area contributed by atoms with E-state index in [4.69, 9.17) is 0 Å². The maximum Gasteiger partial charge on any atom is 0.145 e. The maximum absolute atomic E-state index is 4.39. The second-order valence-corrected chi connectivity index (χ2v) is 13.3. The lowest BCUT2D eigenvalue weighted by Gasteiger charge is -1.75. The fourth-order valence-electron chi connectivity index (χ4n) is 0. The molecule has 0 aliphatic rings. The Kier molecular flexibility index (Phi) is 14.8. The number of rotatable bonds is 0. The van der Waals surface area contributed by atoms with Crippen LogP contribution in [0.3, 0.4) is 0 Å². The first-order valence-electron chi connectivity index (χ1n) is 2.55. The van der Waals surface area contributed by atoms with Crippen molar-refractivity contribution in [2.24, 2.45) is 0 Å². The van der Waals surface area contributed by atoms with Crippen LogP contribution >= 0.6 is 0 Å². The molecule has 0 amide bonds. The molecule has 0 unspecified atom stereocenters. The molecule has 46 valence electrons. The van der Waals surface area contributed by atoms with Crippen molar-refractivity contribution in [2.75, 3.05) is 7.11 Å². The average Bonchev–Trinajstić information content (AvgIpc) is 1.33. The Morgan fingerprint density at radius 3 is 1.43 bits per heavy atom. The van der Waals surface area contributed by atoms with Crippen LogP contribution in [0.1, 0.15) is 0 Å². The van der Waals surface area contributed by atoms with Gasteiger partial charge in [-0.3, -0.25) is 0 Å². The highest BCUT2D eigenvalue weighted by atomic mass is 29.1. The summed E-state index contributed by atoms with van der Waals surface area (Å²) in [5, 5.41) is 0. The molecule has 0 fully saturated rings. The normalized spacial score (nSPS) is 8.57. The van der Waals surface area contributed by atoms with Gasteiger partial charge in [-0.25, -0.2) is 0 Å². The largest absolute Gasteiger partial charge is 0.431 e. The molecule has 4 heteroatoms. The van der Waals surface area contributed by atoms with E-state index in [9.17, 15) is 0 Å². The molecular weight excluding hydrogens is 136 g/mol. The topological polar surface area (TPSA) is 9.23 Å². The molecule has 0 saturated heterocycles. The zero-order valence-electron chi connectivity index (χ0n) is 5.99. The third-order valence-electron chi connectivity index (χ3n) is 0. The predicted molar refractivity (Wildman–Crippen MR) is 45.8 cm³/mol. The fraction of sp³-hybridized carbons (Fsp3) is 1.00. The maximum atomic E-state index is 4.39. The molecule has 7 heavy (non-hydrogen) atoms. The van der Waals surface area contributed by atoms with Crippen molar-refractivity contribution in [3.8, 4) is 0 Å². The van der Waals surface area contributed by atoms with Crippen molar-refractivity contribution >= 4 is 28.6 Å². The molecule has 0 N–H and O–H groups in total. The molecule has 0 rings (SSSR count). The first kappa shape index (κ1) is 10.6. The van der Waals surface area contributed by atoms with Crippen molar-refractivity contribution in [1.29, 1.82) is 0 Å². The second-order valence-electron chi connectivity index (χ2n) is 2.14. The van der Waals surface area contributed by atoms with E-state index in [2.05, 4.69) is 17.5 Å². The molecule has 0 aromatic heterocycles. The van der Waals surface area contributed by atoms with Crippen molar-refractivity contribution in [1.82, 2.24) is 0 Å². The molecule has 0 aliphatic heterocycles. The quantitative estimate of drug-likeness (QED) is 0.374. The van der Waals surface area contributed by atoms with Crippen molar-refractivity contribution in [3.63, 3.8) is 0 Å². The molecule has 0 aromatic rings. The number of hydrogen-bond donors (Lipinski definition) is 0. The minimum atomic E-state index is -0.000000000000000222. The van der Waals surface area contributed by atoms with E-state index in [1.165, 1.54) is 9.76 Å². The summed E-state index contributed by atoms with van der Waals surface area (Å²) >= 11 is 0. The standard InChI is InChI=1S/C2H10Si2.CH6OSi/c1-4(2)3;1-2-3/h4H,1-3H3;1,3H3. The van der Waals surface area contributed by atoms with Gasteiger partial charge in [0, 0.05) is 15.4 Å². The van der Waals surface area contributed by atoms with E-state index < -0.39 is 0 Å². The molecule has 0 bridgehead atoms. The zero-order chi connectivity index (χ0) is 6.28. The summed E-state index contributed by atoms with van der Waals surface area (Å²) in [6.07, 6.45) is 0. The Balaban J connectivity index is 0. The summed E-state index contributed by atoms with van der Waals surface area (Å²) in [4.78, 5) is 0. The van der Waals surface area contributed by atoms with Gasteiger partial charge in [-0.2, -0.15) is 0 Å². The van der Waals surface area contributed by atoms with Crippen molar-refractivity contribution < 1.29 is 4.43 Å². The van der Waals surface area contributed by atoms with Gasteiger partial charge in [0.1, 0.15) is 10.5 Å². The van der Waals surface area contributed by atoms with Gasteiger partial charge in [-0.15, -0.1) is 0 Å². The number of hydrogen-bond acceptors (Lipinski definition) is 1. The van der Waals surface area contributed by atoms with E-state index >= 15 is 0 Å². The van der Waals surface area contributed by atoms with Crippen molar-refractivity contribution in [2.45, 2.75) is 13.1 Å². The highest BCUT2D eigenvalue weighted by Crippen LogP contribution is 1.59. The van der Waals surface area contributed by atoms with Crippen LogP contribution in [0, 0.1) is 0 Å². The van der Waals surface area contributed by atoms with Crippen LogP contribution in [0.2, 0.25) is 13.1 Å².